The minimum Gasteiger partial charge on any atom is -0.496 e. The predicted molar refractivity (Wildman–Crippen MR) is 118 cm³/mol. The number of benzene rings is 2. The van der Waals surface area contributed by atoms with Crippen LogP contribution in [0.4, 0.5) is 0 Å². The van der Waals surface area contributed by atoms with E-state index in [4.69, 9.17) is 9.47 Å². The number of methoxy groups -OCH3 is 1. The summed E-state index contributed by atoms with van der Waals surface area (Å²) >= 11 is 0. The Balaban J connectivity index is 1.56. The van der Waals surface area contributed by atoms with Gasteiger partial charge in [-0.25, -0.2) is 21.6 Å². The van der Waals surface area contributed by atoms with E-state index >= 15 is 0 Å². The zero-order valence-electron chi connectivity index (χ0n) is 17.9. The maximum absolute atomic E-state index is 12.6. The number of hydrogen-bond donors (Lipinski definition) is 1. The lowest BCUT2D eigenvalue weighted by Crippen LogP contribution is -2.29. The minimum absolute atomic E-state index is 0.0701. The molecule has 1 aliphatic rings. The van der Waals surface area contributed by atoms with Crippen molar-refractivity contribution in [2.75, 3.05) is 33.4 Å². The van der Waals surface area contributed by atoms with Crippen LogP contribution >= 0.6 is 0 Å². The van der Waals surface area contributed by atoms with Gasteiger partial charge < -0.3 is 9.47 Å². The first kappa shape index (κ1) is 23.5. The lowest BCUT2D eigenvalue weighted by Gasteiger charge is -2.16. The number of ether oxygens (including phenoxy) is 2. The topological polar surface area (TPSA) is 102 Å². The Morgan fingerprint density at radius 1 is 0.968 bits per heavy atom. The summed E-state index contributed by atoms with van der Waals surface area (Å²) in [4.78, 5) is 0.426. The molecule has 0 radical (unpaired) electrons. The molecule has 0 saturated carbocycles. The van der Waals surface area contributed by atoms with E-state index in [-0.39, 0.29) is 22.9 Å². The van der Waals surface area contributed by atoms with Crippen molar-refractivity contribution in [1.29, 1.82) is 0 Å². The fourth-order valence-corrected chi connectivity index (χ4v) is 6.32. The van der Waals surface area contributed by atoms with Gasteiger partial charge in [0.2, 0.25) is 20.0 Å². The van der Waals surface area contributed by atoms with E-state index < -0.39 is 20.0 Å². The second-order valence-corrected chi connectivity index (χ2v) is 11.1. The summed E-state index contributed by atoms with van der Waals surface area (Å²) in [6.45, 7) is 4.77. The SMILES string of the molecule is COc1cc(C)c(S(=O)(=O)NCCOc2ccc(S(=O)(=O)N3CCCC3)cc2)cc1C. The Morgan fingerprint density at radius 2 is 1.61 bits per heavy atom. The van der Waals surface area contributed by atoms with Gasteiger partial charge >= 0.3 is 0 Å². The van der Waals surface area contributed by atoms with Gasteiger partial charge in [0.05, 0.1) is 16.9 Å². The van der Waals surface area contributed by atoms with Gasteiger partial charge in [0.25, 0.3) is 0 Å². The van der Waals surface area contributed by atoms with Crippen LogP contribution in [0.25, 0.3) is 0 Å². The van der Waals surface area contributed by atoms with E-state index in [0.29, 0.717) is 30.2 Å². The third-order valence-electron chi connectivity index (χ3n) is 5.17. The smallest absolute Gasteiger partial charge is 0.243 e. The minimum atomic E-state index is -3.70. The second-order valence-electron chi connectivity index (χ2n) is 7.42. The molecule has 0 spiro atoms. The van der Waals surface area contributed by atoms with Crippen LogP contribution in [0, 0.1) is 13.8 Å². The maximum atomic E-state index is 12.6. The van der Waals surface area contributed by atoms with Crippen molar-refractivity contribution in [1.82, 2.24) is 9.03 Å². The van der Waals surface area contributed by atoms with Gasteiger partial charge in [-0.15, -0.1) is 0 Å². The number of hydrogen-bond acceptors (Lipinski definition) is 6. The van der Waals surface area contributed by atoms with Gasteiger partial charge in [0.15, 0.2) is 0 Å². The lowest BCUT2D eigenvalue weighted by atomic mass is 10.1. The van der Waals surface area contributed by atoms with Crippen molar-refractivity contribution in [3.05, 3.63) is 47.5 Å². The molecule has 2 aromatic rings. The van der Waals surface area contributed by atoms with Gasteiger partial charge in [-0.3, -0.25) is 0 Å². The summed E-state index contributed by atoms with van der Waals surface area (Å²) in [5, 5.41) is 0. The fraction of sp³-hybridized carbons (Fsp3) is 0.429. The molecule has 1 aliphatic heterocycles. The Bertz CT molecular complexity index is 1120. The molecule has 0 aliphatic carbocycles. The molecule has 0 amide bonds. The molecule has 170 valence electrons. The third-order valence-corrected chi connectivity index (χ3v) is 8.69. The number of sulfonamides is 2. The fourth-order valence-electron chi connectivity index (χ4n) is 3.48. The van der Waals surface area contributed by atoms with Gasteiger partial charge in [0, 0.05) is 19.6 Å². The first-order valence-corrected chi connectivity index (χ1v) is 13.0. The highest BCUT2D eigenvalue weighted by atomic mass is 32.2. The molecule has 0 aromatic heterocycles. The van der Waals surface area contributed by atoms with Crippen LogP contribution in [-0.2, 0) is 20.0 Å². The second kappa shape index (κ2) is 9.56. The lowest BCUT2D eigenvalue weighted by molar-refractivity contribution is 0.322. The Labute approximate surface area is 184 Å². The highest BCUT2D eigenvalue weighted by Gasteiger charge is 2.27. The number of rotatable bonds is 9. The van der Waals surface area contributed by atoms with E-state index in [1.165, 1.54) is 16.4 Å². The Morgan fingerprint density at radius 3 is 2.23 bits per heavy atom. The maximum Gasteiger partial charge on any atom is 0.243 e. The molecule has 3 rings (SSSR count). The van der Waals surface area contributed by atoms with E-state index in [1.807, 2.05) is 0 Å². The van der Waals surface area contributed by atoms with E-state index in [1.54, 1.807) is 45.2 Å². The highest BCUT2D eigenvalue weighted by molar-refractivity contribution is 7.89. The molecule has 10 heteroatoms. The molecule has 1 saturated heterocycles. The number of nitrogens with one attached hydrogen (secondary N) is 1. The van der Waals surface area contributed by atoms with Crippen LogP contribution in [-0.4, -0.2) is 54.5 Å². The zero-order chi connectivity index (χ0) is 22.6. The Hall–Kier alpha value is -2.14. The molecule has 8 nitrogen and oxygen atoms in total. The van der Waals surface area contributed by atoms with Gasteiger partial charge in [0.1, 0.15) is 18.1 Å². The quantitative estimate of drug-likeness (QED) is 0.567. The first-order chi connectivity index (χ1) is 14.6. The van der Waals surface area contributed by atoms with Crippen molar-refractivity contribution in [3.63, 3.8) is 0 Å². The van der Waals surface area contributed by atoms with Crippen LogP contribution in [0.1, 0.15) is 24.0 Å². The standard InChI is InChI=1S/C21H28N2O6S2/c1-16-15-21(17(2)14-20(16)28-3)30(24,25)22-10-13-29-18-6-8-19(9-7-18)31(26,27)23-11-4-5-12-23/h6-9,14-15,22H,4-5,10-13H2,1-3H3. The van der Waals surface area contributed by atoms with Gasteiger partial charge in [-0.1, -0.05) is 0 Å². The number of aryl methyl sites for hydroxylation is 2. The molecule has 0 unspecified atom stereocenters. The average molecular weight is 469 g/mol. The van der Waals surface area contributed by atoms with E-state index in [9.17, 15) is 16.8 Å². The number of nitrogens with zero attached hydrogens (tertiary/aromatic N) is 1. The van der Waals surface area contributed by atoms with Crippen LogP contribution in [0.5, 0.6) is 11.5 Å². The summed E-state index contributed by atoms with van der Waals surface area (Å²) in [6, 6.07) is 9.45. The molecule has 0 atom stereocenters. The van der Waals surface area contributed by atoms with Crippen molar-refractivity contribution in [2.45, 2.75) is 36.5 Å². The molecular weight excluding hydrogens is 440 g/mol. The highest BCUT2D eigenvalue weighted by Crippen LogP contribution is 2.26. The molecule has 1 N–H and O–H groups in total. The normalized spacial score (nSPS) is 15.2. The monoisotopic (exact) mass is 468 g/mol. The third kappa shape index (κ3) is 5.38. The molecule has 2 aromatic carbocycles. The molecule has 31 heavy (non-hydrogen) atoms. The van der Waals surface area contributed by atoms with Crippen LogP contribution < -0.4 is 14.2 Å². The van der Waals surface area contributed by atoms with Crippen molar-refractivity contribution < 1.29 is 26.3 Å². The van der Waals surface area contributed by atoms with Crippen molar-refractivity contribution in [3.8, 4) is 11.5 Å². The molecular formula is C21H28N2O6S2. The van der Waals surface area contributed by atoms with Crippen LogP contribution in [0.2, 0.25) is 0 Å². The van der Waals surface area contributed by atoms with Crippen molar-refractivity contribution >= 4 is 20.0 Å². The summed E-state index contributed by atoms with van der Waals surface area (Å²) in [6.07, 6.45) is 1.76. The molecule has 1 fully saturated rings. The molecule has 0 bridgehead atoms. The summed E-state index contributed by atoms with van der Waals surface area (Å²) in [7, 11) is -5.62. The summed E-state index contributed by atoms with van der Waals surface area (Å²) < 4.78 is 65.1. The summed E-state index contributed by atoms with van der Waals surface area (Å²) in [5.74, 6) is 1.10. The molecule has 1 heterocycles. The zero-order valence-corrected chi connectivity index (χ0v) is 19.6. The first-order valence-electron chi connectivity index (χ1n) is 10.0. The van der Waals surface area contributed by atoms with E-state index in [0.717, 1.165) is 18.4 Å². The van der Waals surface area contributed by atoms with Gasteiger partial charge in [-0.05, 0) is 74.2 Å². The van der Waals surface area contributed by atoms with E-state index in [2.05, 4.69) is 4.72 Å². The van der Waals surface area contributed by atoms with Crippen LogP contribution in [0.3, 0.4) is 0 Å². The van der Waals surface area contributed by atoms with Gasteiger partial charge in [-0.2, -0.15) is 4.31 Å². The predicted octanol–water partition coefficient (Wildman–Crippen LogP) is 2.45. The summed E-state index contributed by atoms with van der Waals surface area (Å²) in [5.41, 5.74) is 1.32. The van der Waals surface area contributed by atoms with Crippen LogP contribution in [0.15, 0.2) is 46.2 Å². The van der Waals surface area contributed by atoms with Crippen molar-refractivity contribution in [2.24, 2.45) is 0 Å². The average Bonchev–Trinajstić information content (AvgIpc) is 3.29. The Kier molecular flexibility index (Phi) is 7.25. The largest absolute Gasteiger partial charge is 0.496 e.